The van der Waals surface area contributed by atoms with E-state index in [-0.39, 0.29) is 26.2 Å². The van der Waals surface area contributed by atoms with Crippen LogP contribution in [0.3, 0.4) is 0 Å². The van der Waals surface area contributed by atoms with Crippen molar-refractivity contribution in [1.29, 1.82) is 0 Å². The SMILES string of the molecule is CCCCCCN(C)C(=S)[S-].CCCCCCN(C)C(=S)[S-].CCCCCCN(C)C(=S)[S-].[Bi+3]. The van der Waals surface area contributed by atoms with Gasteiger partial charge in [-0.2, -0.15) is 0 Å². The molecular formula is C24H48BiN3S6. The predicted molar refractivity (Wildman–Crippen MR) is 176 cm³/mol. The van der Waals surface area contributed by atoms with E-state index in [2.05, 4.69) is 20.8 Å². The molecule has 0 bridgehead atoms. The fourth-order valence-electron chi connectivity index (χ4n) is 2.60. The van der Waals surface area contributed by atoms with Gasteiger partial charge in [-0.25, -0.2) is 0 Å². The fraction of sp³-hybridized carbons (Fsp3) is 0.875. The summed E-state index contributed by atoms with van der Waals surface area (Å²) in [6.07, 6.45) is 15.3. The van der Waals surface area contributed by atoms with Gasteiger partial charge < -0.3 is 89.2 Å². The maximum absolute atomic E-state index is 4.84. The fourth-order valence-corrected chi connectivity index (χ4v) is 3.15. The van der Waals surface area contributed by atoms with E-state index in [0.717, 1.165) is 19.6 Å². The van der Waals surface area contributed by atoms with Gasteiger partial charge in [0.1, 0.15) is 0 Å². The van der Waals surface area contributed by atoms with E-state index in [9.17, 15) is 0 Å². The molecule has 0 aromatic carbocycles. The van der Waals surface area contributed by atoms with Gasteiger partial charge >= 0.3 is 26.2 Å². The number of hydrogen-bond acceptors (Lipinski definition) is 6. The molecule has 2 radical (unpaired) electrons. The van der Waals surface area contributed by atoms with Gasteiger partial charge in [-0.1, -0.05) is 91.5 Å². The van der Waals surface area contributed by atoms with E-state index in [1.54, 1.807) is 0 Å². The summed E-state index contributed by atoms with van der Waals surface area (Å²) >= 11 is 29.0. The zero-order chi connectivity index (χ0) is 26.1. The van der Waals surface area contributed by atoms with Crippen molar-refractivity contribution in [2.24, 2.45) is 0 Å². The first-order valence-corrected chi connectivity index (χ1v) is 14.8. The van der Waals surface area contributed by atoms with E-state index >= 15 is 0 Å². The number of unbranched alkanes of at least 4 members (excludes halogenated alkanes) is 9. The van der Waals surface area contributed by atoms with E-state index < -0.39 is 0 Å². The third-order valence-corrected chi connectivity index (χ3v) is 6.85. The van der Waals surface area contributed by atoms with Gasteiger partial charge in [-0.05, 0) is 19.3 Å². The molecule has 0 aromatic rings. The Hall–Kier alpha value is 1.21. The van der Waals surface area contributed by atoms with Crippen molar-refractivity contribution in [3.8, 4) is 0 Å². The van der Waals surface area contributed by atoms with Gasteiger partial charge in [0.2, 0.25) is 0 Å². The van der Waals surface area contributed by atoms with Gasteiger partial charge in [0.15, 0.2) is 0 Å². The monoisotopic (exact) mass is 779 g/mol. The summed E-state index contributed by atoms with van der Waals surface area (Å²) in [7, 11) is 5.88. The molecular weight excluding hydrogens is 732 g/mol. The van der Waals surface area contributed by atoms with Crippen LogP contribution in [-0.2, 0) is 37.9 Å². The van der Waals surface area contributed by atoms with Crippen LogP contribution >= 0.6 is 36.7 Å². The maximum atomic E-state index is 4.84. The Bertz CT molecular complexity index is 417. The summed E-state index contributed by atoms with van der Waals surface area (Å²) in [5.74, 6) is 0. The standard InChI is InChI=1S/3C8H17NS2.Bi/c3*1-3-4-5-6-7-9(2)8(10)11;/h3*3-7H2,1-2H3,(H,10,11);/q;;;+3/p-3. The molecule has 0 heterocycles. The zero-order valence-corrected chi connectivity index (χ0v) is 30.7. The van der Waals surface area contributed by atoms with Crippen LogP contribution in [0.1, 0.15) is 97.8 Å². The zero-order valence-electron chi connectivity index (χ0n) is 22.3. The summed E-state index contributed by atoms with van der Waals surface area (Å²) in [4.78, 5) is 5.88. The van der Waals surface area contributed by atoms with Crippen LogP contribution in [0.2, 0.25) is 0 Å². The first kappa shape index (κ1) is 42.3. The van der Waals surface area contributed by atoms with Crippen molar-refractivity contribution < 1.29 is 0 Å². The Morgan fingerprint density at radius 3 is 0.824 bits per heavy atom. The average molecular weight is 780 g/mol. The van der Waals surface area contributed by atoms with Crippen molar-refractivity contribution in [2.45, 2.75) is 97.8 Å². The van der Waals surface area contributed by atoms with Gasteiger partial charge in [-0.15, -0.1) is 0 Å². The van der Waals surface area contributed by atoms with Crippen LogP contribution in [0.15, 0.2) is 0 Å². The van der Waals surface area contributed by atoms with Crippen molar-refractivity contribution in [2.75, 3.05) is 40.8 Å². The molecule has 0 N–H and O–H groups in total. The first-order valence-electron chi connectivity index (χ1n) is 12.3. The molecule has 0 aliphatic heterocycles. The normalized spacial score (nSPS) is 9.35. The third kappa shape index (κ3) is 35.4. The third-order valence-electron chi connectivity index (χ3n) is 4.98. The largest absolute Gasteiger partial charge is 3.00 e. The molecule has 0 aliphatic rings. The van der Waals surface area contributed by atoms with Crippen LogP contribution < -0.4 is 0 Å². The van der Waals surface area contributed by atoms with Crippen LogP contribution in [0.5, 0.6) is 0 Å². The van der Waals surface area contributed by atoms with Crippen LogP contribution in [0.25, 0.3) is 0 Å². The van der Waals surface area contributed by atoms with Crippen molar-refractivity contribution in [3.63, 3.8) is 0 Å². The van der Waals surface area contributed by atoms with Gasteiger partial charge in [0.05, 0.1) is 0 Å². The van der Waals surface area contributed by atoms with Crippen molar-refractivity contribution in [3.05, 3.63) is 0 Å². The van der Waals surface area contributed by atoms with Crippen molar-refractivity contribution in [1.82, 2.24) is 14.7 Å². The Morgan fingerprint density at radius 1 is 0.471 bits per heavy atom. The molecule has 0 amide bonds. The van der Waals surface area contributed by atoms with Crippen LogP contribution in [-0.4, -0.2) is 94.6 Å². The van der Waals surface area contributed by atoms with Gasteiger partial charge in [0.25, 0.3) is 0 Å². The molecule has 0 saturated carbocycles. The number of hydrogen-bond donors (Lipinski definition) is 0. The molecule has 0 spiro atoms. The second kappa shape index (κ2) is 32.2. The number of rotatable bonds is 15. The smallest absolute Gasteiger partial charge is 0.411 e. The molecule has 34 heavy (non-hydrogen) atoms. The summed E-state index contributed by atoms with van der Waals surface area (Å²) < 4.78 is 1.75. The minimum atomic E-state index is 0. The van der Waals surface area contributed by atoms with E-state index in [1.165, 1.54) is 77.0 Å². The molecule has 0 saturated heterocycles. The average Bonchev–Trinajstić information content (AvgIpc) is 2.77. The molecule has 0 aromatic heterocycles. The first-order chi connectivity index (χ1) is 15.5. The summed E-state index contributed by atoms with van der Waals surface area (Å²) in [6, 6.07) is 0. The van der Waals surface area contributed by atoms with E-state index in [1.807, 2.05) is 35.8 Å². The van der Waals surface area contributed by atoms with E-state index in [4.69, 9.17) is 74.5 Å². The Morgan fingerprint density at radius 2 is 0.676 bits per heavy atom. The molecule has 0 aliphatic carbocycles. The molecule has 0 atom stereocenters. The summed E-state index contributed by atoms with van der Waals surface area (Å²) in [6.45, 7) is 9.68. The Balaban J connectivity index is -0.000000196. The summed E-state index contributed by atoms with van der Waals surface area (Å²) in [5, 5.41) is 0. The number of nitrogens with zero attached hydrogens (tertiary/aromatic N) is 3. The second-order valence-electron chi connectivity index (χ2n) is 8.24. The van der Waals surface area contributed by atoms with Crippen LogP contribution in [0, 0.1) is 0 Å². The van der Waals surface area contributed by atoms with Gasteiger partial charge in [0, 0.05) is 40.8 Å². The second-order valence-corrected chi connectivity index (χ2v) is 11.3. The van der Waals surface area contributed by atoms with Crippen LogP contribution in [0.4, 0.5) is 0 Å². The Labute approximate surface area is 264 Å². The topological polar surface area (TPSA) is 9.72 Å². The summed E-state index contributed by atoms with van der Waals surface area (Å²) in [5.41, 5.74) is 0. The molecule has 0 rings (SSSR count). The van der Waals surface area contributed by atoms with Crippen molar-refractivity contribution >= 4 is 114 Å². The minimum Gasteiger partial charge on any atom is -0.411 e. The quantitative estimate of drug-likeness (QED) is 0.0781. The molecule has 3 nitrogen and oxygen atoms in total. The molecule has 0 fully saturated rings. The maximum Gasteiger partial charge on any atom is 3.00 e. The van der Waals surface area contributed by atoms with Gasteiger partial charge in [-0.3, -0.25) is 0 Å². The predicted octanol–water partition coefficient (Wildman–Crippen LogP) is 6.61. The number of thiocarbonyl (C=S) groups is 3. The van der Waals surface area contributed by atoms with E-state index in [0.29, 0.717) is 13.0 Å². The minimum absolute atomic E-state index is 0. The molecule has 0 unspecified atom stereocenters. The molecule has 10 heteroatoms. The molecule has 200 valence electrons. The Kier molecular flexibility index (Phi) is 40.1.